The first kappa shape index (κ1) is 31.6. The number of para-hydroxylation sites is 1. The number of aromatic nitrogens is 4. The van der Waals surface area contributed by atoms with Gasteiger partial charge in [-0.15, -0.1) is 0 Å². The molecule has 4 aromatic rings. The van der Waals surface area contributed by atoms with Crippen molar-refractivity contribution in [3.8, 4) is 23.0 Å². The molecular formula is C29H28F5N7O4. The number of fused-ring (bicyclic) bond motifs is 1. The van der Waals surface area contributed by atoms with Crippen LogP contribution < -0.4 is 14.8 Å². The second kappa shape index (κ2) is 13.9. The van der Waals surface area contributed by atoms with Crippen LogP contribution in [-0.2, 0) is 11.4 Å². The minimum absolute atomic E-state index is 0.0577. The molecule has 0 spiro atoms. The number of allylic oxidation sites excluding steroid dienone is 1. The van der Waals surface area contributed by atoms with Crippen molar-refractivity contribution < 1.29 is 41.4 Å². The van der Waals surface area contributed by atoms with Crippen molar-refractivity contribution in [2.24, 2.45) is 4.99 Å². The Hall–Kier alpha value is -4.83. The largest absolute Gasteiger partial charge is 0.494 e. The molecule has 0 fully saturated rings. The molecule has 0 radical (unpaired) electrons. The van der Waals surface area contributed by atoms with Crippen molar-refractivity contribution in [3.63, 3.8) is 0 Å². The molecule has 0 atom stereocenters. The summed E-state index contributed by atoms with van der Waals surface area (Å²) in [5.41, 5.74) is 0.588. The van der Waals surface area contributed by atoms with Gasteiger partial charge >= 0.3 is 6.18 Å². The van der Waals surface area contributed by atoms with Crippen LogP contribution in [0.3, 0.4) is 0 Å². The standard InChI is InChI=1S/C29H28F5N7O4/c1-2-43-18-12-21(30)20(22(31)13-18)15-40-23-7-4-3-6-19(23)26(39-40)28-36-14-24(44-11-5-10-42)27(38-28)37-25-8-9-35-17-41(25)45-16-29(32,33)34/h3-4,6-9,12-14,42H,2,5,10-11,15-17H2,1H3,(H,36,37,38). The molecule has 0 saturated carbocycles. The van der Waals surface area contributed by atoms with Crippen LogP contribution in [-0.4, -0.2) is 75.4 Å². The molecule has 0 saturated heterocycles. The normalized spacial score (nSPS) is 13.3. The lowest BCUT2D eigenvalue weighted by Crippen LogP contribution is -2.34. The molecule has 5 rings (SSSR count). The summed E-state index contributed by atoms with van der Waals surface area (Å²) in [7, 11) is 0. The number of nitrogens with zero attached hydrogens (tertiary/aromatic N) is 6. The summed E-state index contributed by atoms with van der Waals surface area (Å²) in [4.78, 5) is 17.8. The summed E-state index contributed by atoms with van der Waals surface area (Å²) >= 11 is 0. The van der Waals surface area contributed by atoms with E-state index in [0.29, 0.717) is 17.3 Å². The fourth-order valence-electron chi connectivity index (χ4n) is 4.36. The van der Waals surface area contributed by atoms with Gasteiger partial charge in [-0.2, -0.15) is 18.3 Å². The van der Waals surface area contributed by atoms with E-state index in [1.807, 2.05) is 0 Å². The van der Waals surface area contributed by atoms with Crippen molar-refractivity contribution >= 4 is 22.9 Å². The molecule has 0 unspecified atom stereocenters. The van der Waals surface area contributed by atoms with Gasteiger partial charge in [-0.25, -0.2) is 23.8 Å². The Labute approximate surface area is 253 Å². The average molecular weight is 634 g/mol. The first-order valence-electron chi connectivity index (χ1n) is 13.8. The van der Waals surface area contributed by atoms with E-state index in [9.17, 15) is 27.1 Å². The molecule has 11 nitrogen and oxygen atoms in total. The molecular weight excluding hydrogens is 605 g/mol. The third-order valence-corrected chi connectivity index (χ3v) is 6.37. The number of rotatable bonds is 13. The Balaban J connectivity index is 1.51. The van der Waals surface area contributed by atoms with Gasteiger partial charge in [0.25, 0.3) is 0 Å². The average Bonchev–Trinajstić information content (AvgIpc) is 3.37. The van der Waals surface area contributed by atoms with E-state index < -0.39 is 24.4 Å². The predicted molar refractivity (Wildman–Crippen MR) is 153 cm³/mol. The SMILES string of the molecule is CCOc1cc(F)c(Cn2nc(-c3ncc(OCCCO)c(NC4=CC=NCN4OCC(F)(F)F)n3)c3ccccc32)c(F)c1. The van der Waals surface area contributed by atoms with E-state index >= 15 is 0 Å². The highest BCUT2D eigenvalue weighted by atomic mass is 19.4. The predicted octanol–water partition coefficient (Wildman–Crippen LogP) is 5.07. The number of alkyl halides is 3. The van der Waals surface area contributed by atoms with Crippen LogP contribution in [0.15, 0.2) is 59.5 Å². The molecule has 2 aromatic heterocycles. The monoisotopic (exact) mass is 633 g/mol. The van der Waals surface area contributed by atoms with Crippen LogP contribution >= 0.6 is 0 Å². The lowest BCUT2D eigenvalue weighted by atomic mass is 10.1. The number of halogens is 5. The van der Waals surface area contributed by atoms with Crippen molar-refractivity contribution in [2.45, 2.75) is 26.1 Å². The van der Waals surface area contributed by atoms with Crippen LogP contribution in [0.5, 0.6) is 11.5 Å². The second-order valence-corrected chi connectivity index (χ2v) is 9.57. The molecule has 2 aromatic carbocycles. The van der Waals surface area contributed by atoms with Crippen LogP contribution in [0.1, 0.15) is 18.9 Å². The molecule has 2 N–H and O–H groups in total. The van der Waals surface area contributed by atoms with Crippen molar-refractivity contribution in [1.82, 2.24) is 24.8 Å². The summed E-state index contributed by atoms with van der Waals surface area (Å²) in [6.07, 6.45) is -0.156. The van der Waals surface area contributed by atoms with Gasteiger partial charge in [0.15, 0.2) is 24.0 Å². The fraction of sp³-hybridized carbons (Fsp3) is 0.310. The Kier molecular flexibility index (Phi) is 9.73. The molecule has 3 heterocycles. The number of aliphatic hydroxyl groups excluding tert-OH is 1. The summed E-state index contributed by atoms with van der Waals surface area (Å²) in [6, 6.07) is 9.18. The molecule has 0 bridgehead atoms. The quantitative estimate of drug-likeness (QED) is 0.154. The number of benzene rings is 2. The smallest absolute Gasteiger partial charge is 0.414 e. The van der Waals surface area contributed by atoms with Gasteiger partial charge in [-0.3, -0.25) is 14.5 Å². The maximum atomic E-state index is 14.9. The molecule has 1 aliphatic rings. The van der Waals surface area contributed by atoms with E-state index in [1.165, 1.54) is 23.2 Å². The topological polar surface area (TPSA) is 119 Å². The Morgan fingerprint density at radius 2 is 1.87 bits per heavy atom. The molecule has 45 heavy (non-hydrogen) atoms. The lowest BCUT2D eigenvalue weighted by Gasteiger charge is -2.27. The molecule has 0 amide bonds. The first-order chi connectivity index (χ1) is 21.7. The Morgan fingerprint density at radius 1 is 1.09 bits per heavy atom. The van der Waals surface area contributed by atoms with E-state index in [0.717, 1.165) is 17.2 Å². The number of hydrogen-bond donors (Lipinski definition) is 2. The van der Waals surface area contributed by atoms with Crippen LogP contribution in [0.4, 0.5) is 27.8 Å². The minimum Gasteiger partial charge on any atom is -0.494 e. The number of nitrogens with one attached hydrogen (secondary N) is 1. The summed E-state index contributed by atoms with van der Waals surface area (Å²) < 4.78 is 80.8. The molecule has 1 aliphatic heterocycles. The third kappa shape index (κ3) is 7.64. The number of anilines is 1. The maximum absolute atomic E-state index is 14.9. The van der Waals surface area contributed by atoms with Gasteiger partial charge in [0, 0.05) is 42.3 Å². The van der Waals surface area contributed by atoms with E-state index in [2.05, 4.69) is 25.4 Å². The van der Waals surface area contributed by atoms with Gasteiger partial charge in [0.05, 0.1) is 31.5 Å². The lowest BCUT2D eigenvalue weighted by molar-refractivity contribution is -0.239. The number of aliphatic imine (C=N–C) groups is 1. The van der Waals surface area contributed by atoms with Crippen molar-refractivity contribution in [1.29, 1.82) is 0 Å². The van der Waals surface area contributed by atoms with Crippen LogP contribution in [0.2, 0.25) is 0 Å². The highest BCUT2D eigenvalue weighted by Gasteiger charge is 2.30. The van der Waals surface area contributed by atoms with Gasteiger partial charge < -0.3 is 19.9 Å². The van der Waals surface area contributed by atoms with E-state index in [4.69, 9.17) is 14.3 Å². The van der Waals surface area contributed by atoms with Gasteiger partial charge in [0.1, 0.15) is 35.6 Å². The number of ether oxygens (including phenoxy) is 2. The zero-order valence-corrected chi connectivity index (χ0v) is 23.9. The maximum Gasteiger partial charge on any atom is 0.414 e. The number of aliphatic hydroxyl groups is 1. The first-order valence-corrected chi connectivity index (χ1v) is 13.8. The van der Waals surface area contributed by atoms with Crippen molar-refractivity contribution in [3.05, 3.63) is 71.7 Å². The fourth-order valence-corrected chi connectivity index (χ4v) is 4.36. The van der Waals surface area contributed by atoms with Gasteiger partial charge in [-0.1, -0.05) is 18.2 Å². The highest BCUT2D eigenvalue weighted by Crippen LogP contribution is 2.32. The number of hydroxylamine groups is 2. The summed E-state index contributed by atoms with van der Waals surface area (Å²) in [6.45, 7) is -0.111. The second-order valence-electron chi connectivity index (χ2n) is 9.57. The molecule has 0 aliphatic carbocycles. The third-order valence-electron chi connectivity index (χ3n) is 6.37. The Bertz CT molecular complexity index is 1690. The minimum atomic E-state index is -4.58. The van der Waals surface area contributed by atoms with Crippen molar-refractivity contribution in [2.75, 3.05) is 38.4 Å². The van der Waals surface area contributed by atoms with Gasteiger partial charge in [-0.05, 0) is 19.1 Å². The molecule has 16 heteroatoms. The highest BCUT2D eigenvalue weighted by molar-refractivity contribution is 5.92. The van der Waals surface area contributed by atoms with Gasteiger partial charge in [0.2, 0.25) is 0 Å². The summed E-state index contributed by atoms with van der Waals surface area (Å²) in [5, 5.41) is 18.2. The summed E-state index contributed by atoms with van der Waals surface area (Å²) in [5.74, 6) is -1.17. The number of hydrogen-bond acceptors (Lipinski definition) is 10. The molecule has 238 valence electrons. The zero-order valence-electron chi connectivity index (χ0n) is 23.9. The Morgan fingerprint density at radius 3 is 2.60 bits per heavy atom. The van der Waals surface area contributed by atoms with Crippen LogP contribution in [0, 0.1) is 11.6 Å². The van der Waals surface area contributed by atoms with E-state index in [1.54, 1.807) is 31.2 Å². The van der Waals surface area contributed by atoms with E-state index in [-0.39, 0.29) is 73.3 Å². The van der Waals surface area contributed by atoms with Crippen LogP contribution in [0.25, 0.3) is 22.4 Å². The zero-order chi connectivity index (χ0) is 32.0.